The van der Waals surface area contributed by atoms with Crippen molar-refractivity contribution < 1.29 is 4.79 Å². The Balaban J connectivity index is 0.000000215. The molecule has 1 amide bonds. The number of nitrogens with two attached hydrogens (primary N) is 2. The van der Waals surface area contributed by atoms with Gasteiger partial charge in [0.2, 0.25) is 0 Å². The van der Waals surface area contributed by atoms with Crippen LogP contribution in [0.3, 0.4) is 0 Å². The number of carbonyl (C=O) groups excluding carboxylic acids is 1. The van der Waals surface area contributed by atoms with E-state index in [-0.39, 0.29) is 20.5 Å². The van der Waals surface area contributed by atoms with E-state index in [1.165, 1.54) is 0 Å². The molecule has 0 bridgehead atoms. The Kier molecular flexibility index (Phi) is 7.37. The van der Waals surface area contributed by atoms with E-state index in [4.69, 9.17) is 11.5 Å². The topological polar surface area (TPSA) is 166 Å². The predicted octanol–water partition coefficient (Wildman–Crippen LogP) is 4.34. The fraction of sp³-hybridized carbons (Fsp3) is 0.0952. The van der Waals surface area contributed by atoms with Gasteiger partial charge >= 0.3 is 5.69 Å². The van der Waals surface area contributed by atoms with Gasteiger partial charge in [0.15, 0.2) is 0 Å². The summed E-state index contributed by atoms with van der Waals surface area (Å²) in [5.74, 6) is -0.550. The number of aromatic amines is 4. The monoisotopic (exact) mass is 564 g/mol. The fourth-order valence-electron chi connectivity index (χ4n) is 3.19. The number of halogens is 2. The first-order valence-electron chi connectivity index (χ1n) is 8.56. The number of carbonyl (C=O) groups is 1. The number of amides is 1. The Morgan fingerprint density at radius 2 is 1.31 bits per heavy atom. The number of rotatable bonds is 1. The number of hydrogen-bond acceptors (Lipinski definition) is 4. The SMILES string of the molecule is C.C.NC(=O)c1[nH]c2c(Br)cccc2c1N.O=c1[nH]c(=O)c2[nH]c3c(Br)cccc3c2[nH]1. The Hall–Kier alpha value is -3.31. The Morgan fingerprint density at radius 3 is 1.88 bits per heavy atom. The van der Waals surface area contributed by atoms with E-state index < -0.39 is 17.2 Å². The summed E-state index contributed by atoms with van der Waals surface area (Å²) in [6.07, 6.45) is 0. The van der Waals surface area contributed by atoms with Crippen LogP contribution in [0.2, 0.25) is 0 Å². The van der Waals surface area contributed by atoms with Crippen molar-refractivity contribution >= 4 is 76.3 Å². The molecule has 168 valence electrons. The third-order valence-corrected chi connectivity index (χ3v) is 5.87. The third-order valence-electron chi connectivity index (χ3n) is 4.55. The highest BCUT2D eigenvalue weighted by Gasteiger charge is 2.13. The zero-order chi connectivity index (χ0) is 21.6. The number of primary amides is 1. The first-order valence-corrected chi connectivity index (χ1v) is 10.1. The number of anilines is 1. The van der Waals surface area contributed by atoms with Crippen LogP contribution in [0.1, 0.15) is 25.3 Å². The maximum atomic E-state index is 11.6. The minimum absolute atomic E-state index is 0. The third kappa shape index (κ3) is 4.21. The summed E-state index contributed by atoms with van der Waals surface area (Å²) in [4.78, 5) is 44.4. The molecular weight excluding hydrogens is 544 g/mol. The Morgan fingerprint density at radius 1 is 0.750 bits per heavy atom. The van der Waals surface area contributed by atoms with Gasteiger partial charge in [0, 0.05) is 19.7 Å². The van der Waals surface area contributed by atoms with Gasteiger partial charge < -0.3 is 26.4 Å². The lowest BCUT2D eigenvalue weighted by Gasteiger charge is -1.92. The minimum Gasteiger partial charge on any atom is -0.396 e. The van der Waals surface area contributed by atoms with Crippen LogP contribution in [0.15, 0.2) is 54.9 Å². The molecule has 0 radical (unpaired) electrons. The van der Waals surface area contributed by atoms with Crippen molar-refractivity contribution in [3.8, 4) is 0 Å². The van der Waals surface area contributed by atoms with E-state index in [1.807, 2.05) is 36.4 Å². The zero-order valence-corrected chi connectivity index (χ0v) is 18.3. The summed E-state index contributed by atoms with van der Waals surface area (Å²) < 4.78 is 1.70. The summed E-state index contributed by atoms with van der Waals surface area (Å²) in [6.45, 7) is 0. The average molecular weight is 566 g/mol. The van der Waals surface area contributed by atoms with Gasteiger partial charge in [-0.1, -0.05) is 39.1 Å². The molecule has 2 aromatic carbocycles. The molecule has 0 unspecified atom stereocenters. The lowest BCUT2D eigenvalue weighted by atomic mass is 10.2. The van der Waals surface area contributed by atoms with Crippen molar-refractivity contribution in [2.45, 2.75) is 14.9 Å². The second-order valence-corrected chi connectivity index (χ2v) is 8.09. The van der Waals surface area contributed by atoms with Gasteiger partial charge in [0.05, 0.1) is 22.2 Å². The molecule has 5 rings (SSSR count). The quantitative estimate of drug-likeness (QED) is 0.178. The number of para-hydroxylation sites is 2. The normalized spacial score (nSPS) is 10.3. The first-order chi connectivity index (χ1) is 14.3. The molecule has 0 saturated heterocycles. The van der Waals surface area contributed by atoms with Crippen LogP contribution in [-0.4, -0.2) is 25.8 Å². The number of nitrogen functional groups attached to an aromatic ring is 1. The summed E-state index contributed by atoms with van der Waals surface area (Å²) in [7, 11) is 0. The molecule has 9 nitrogen and oxygen atoms in total. The number of benzene rings is 2. The molecule has 0 saturated carbocycles. The summed E-state index contributed by atoms with van der Waals surface area (Å²) in [5, 5.41) is 1.61. The van der Waals surface area contributed by atoms with E-state index in [2.05, 4.69) is 51.8 Å². The Labute approximate surface area is 198 Å². The van der Waals surface area contributed by atoms with Crippen LogP contribution in [0.4, 0.5) is 5.69 Å². The van der Waals surface area contributed by atoms with Crippen molar-refractivity contribution in [1.29, 1.82) is 0 Å². The van der Waals surface area contributed by atoms with Crippen molar-refractivity contribution in [1.82, 2.24) is 19.9 Å². The van der Waals surface area contributed by atoms with E-state index in [0.29, 0.717) is 16.7 Å². The molecule has 8 N–H and O–H groups in total. The zero-order valence-electron chi connectivity index (χ0n) is 15.1. The van der Waals surface area contributed by atoms with Crippen LogP contribution in [0.5, 0.6) is 0 Å². The largest absolute Gasteiger partial charge is 0.396 e. The van der Waals surface area contributed by atoms with Crippen molar-refractivity contribution in [3.05, 3.63) is 71.9 Å². The van der Waals surface area contributed by atoms with E-state index in [0.717, 1.165) is 30.8 Å². The van der Waals surface area contributed by atoms with Gasteiger partial charge in [0.25, 0.3) is 11.5 Å². The van der Waals surface area contributed by atoms with E-state index in [1.54, 1.807) is 0 Å². The number of H-pyrrole nitrogens is 4. The smallest absolute Gasteiger partial charge is 0.326 e. The fourth-order valence-corrected chi connectivity index (χ4v) is 4.12. The van der Waals surface area contributed by atoms with Crippen LogP contribution in [0, 0.1) is 0 Å². The van der Waals surface area contributed by atoms with Gasteiger partial charge in [-0.25, -0.2) is 4.79 Å². The molecule has 32 heavy (non-hydrogen) atoms. The highest BCUT2D eigenvalue weighted by molar-refractivity contribution is 9.11. The molecule has 0 atom stereocenters. The molecule has 0 fully saturated rings. The number of hydrogen-bond donors (Lipinski definition) is 6. The molecule has 3 aromatic heterocycles. The molecular formula is C21H22Br2N6O3. The van der Waals surface area contributed by atoms with Crippen LogP contribution < -0.4 is 22.7 Å². The maximum absolute atomic E-state index is 11.6. The van der Waals surface area contributed by atoms with Gasteiger partial charge in [-0.05, 0) is 44.0 Å². The summed E-state index contributed by atoms with van der Waals surface area (Å²) >= 11 is 6.74. The second kappa shape index (κ2) is 9.45. The highest BCUT2D eigenvalue weighted by atomic mass is 79.9. The summed E-state index contributed by atoms with van der Waals surface area (Å²) in [5.41, 5.74) is 13.2. The Bertz CT molecular complexity index is 1560. The van der Waals surface area contributed by atoms with Gasteiger partial charge in [-0.2, -0.15) is 0 Å². The van der Waals surface area contributed by atoms with Crippen LogP contribution >= 0.6 is 31.9 Å². The number of fused-ring (bicyclic) bond motifs is 4. The van der Waals surface area contributed by atoms with Crippen molar-refractivity contribution in [2.24, 2.45) is 5.73 Å². The van der Waals surface area contributed by atoms with Crippen molar-refractivity contribution in [3.63, 3.8) is 0 Å². The molecule has 3 heterocycles. The van der Waals surface area contributed by atoms with Gasteiger partial charge in [-0.3, -0.25) is 14.6 Å². The number of aromatic nitrogens is 4. The number of nitrogens with one attached hydrogen (secondary N) is 4. The molecule has 5 aromatic rings. The van der Waals surface area contributed by atoms with Gasteiger partial charge in [0.1, 0.15) is 11.2 Å². The van der Waals surface area contributed by atoms with Crippen LogP contribution in [0.25, 0.3) is 32.8 Å². The average Bonchev–Trinajstić information content (AvgIpc) is 3.23. The lowest BCUT2D eigenvalue weighted by molar-refractivity contribution is 0.0997. The van der Waals surface area contributed by atoms with Gasteiger partial charge in [-0.15, -0.1) is 0 Å². The summed E-state index contributed by atoms with van der Waals surface area (Å²) in [6, 6.07) is 11.1. The molecule has 0 aliphatic rings. The predicted molar refractivity (Wildman–Crippen MR) is 137 cm³/mol. The minimum atomic E-state index is -0.550. The molecule has 0 spiro atoms. The lowest BCUT2D eigenvalue weighted by Crippen LogP contribution is -2.21. The maximum Gasteiger partial charge on any atom is 0.326 e. The van der Waals surface area contributed by atoms with E-state index >= 15 is 0 Å². The van der Waals surface area contributed by atoms with Crippen LogP contribution in [-0.2, 0) is 0 Å². The first kappa shape index (κ1) is 25.0. The highest BCUT2D eigenvalue weighted by Crippen LogP contribution is 2.30. The molecule has 11 heteroatoms. The molecule has 0 aliphatic carbocycles. The second-order valence-electron chi connectivity index (χ2n) is 6.39. The van der Waals surface area contributed by atoms with Crippen molar-refractivity contribution in [2.75, 3.05) is 5.73 Å². The van der Waals surface area contributed by atoms with E-state index in [9.17, 15) is 14.4 Å². The molecule has 0 aliphatic heterocycles. The standard InChI is InChI=1S/C10H6BrN3O2.C9H8BrN3O.2CH4/c11-5-3-1-2-4-6(5)12-8-7(4)13-10(16)14-9(8)15;10-5-3-1-2-4-6(11)8(9(12)14)13-7(4)5;;/h1-3,12H,(H2,13,14,15,16);1-3,13H,11H2,(H2,12,14);2*1H4.